The van der Waals surface area contributed by atoms with Crippen molar-refractivity contribution in [3.8, 4) is 0 Å². The summed E-state index contributed by atoms with van der Waals surface area (Å²) < 4.78 is 10.8. The van der Waals surface area contributed by atoms with E-state index in [2.05, 4.69) is 15.4 Å². The van der Waals surface area contributed by atoms with Gasteiger partial charge in [-0.15, -0.1) is 0 Å². The average molecular weight is 365 g/mol. The number of carbonyl (C=O) groups is 1. The van der Waals surface area contributed by atoms with E-state index in [1.165, 1.54) is 0 Å². The molecule has 6 nitrogen and oxygen atoms in total. The summed E-state index contributed by atoms with van der Waals surface area (Å²) in [6.07, 6.45) is 0.182. The van der Waals surface area contributed by atoms with Crippen LogP contribution in [-0.2, 0) is 16.0 Å². The number of anilines is 2. The largest absolute Gasteiger partial charge is 0.378 e. The molecule has 3 aromatic rings. The quantitative estimate of drug-likeness (QED) is 0.767. The Morgan fingerprint density at radius 2 is 1.89 bits per heavy atom. The number of hydrogen-bond donors (Lipinski definition) is 1. The molecule has 6 heteroatoms. The van der Waals surface area contributed by atoms with Crippen molar-refractivity contribution >= 4 is 28.3 Å². The van der Waals surface area contributed by atoms with E-state index in [1.54, 1.807) is 0 Å². The fourth-order valence-electron chi connectivity index (χ4n) is 3.50. The van der Waals surface area contributed by atoms with Crippen LogP contribution in [0.2, 0.25) is 0 Å². The van der Waals surface area contributed by atoms with Crippen LogP contribution in [0.3, 0.4) is 0 Å². The Morgan fingerprint density at radius 1 is 1.15 bits per heavy atom. The third-order valence-corrected chi connectivity index (χ3v) is 4.83. The number of fused-ring (bicyclic) bond motifs is 1. The van der Waals surface area contributed by atoms with E-state index < -0.39 is 0 Å². The molecule has 1 aliphatic rings. The molecule has 0 radical (unpaired) electrons. The maximum Gasteiger partial charge on any atom is 0.230 e. The van der Waals surface area contributed by atoms with Crippen LogP contribution in [0, 0.1) is 13.8 Å². The summed E-state index contributed by atoms with van der Waals surface area (Å²) in [5.74, 6) is -0.108. The van der Waals surface area contributed by atoms with Crippen LogP contribution in [0.5, 0.6) is 0 Å². The van der Waals surface area contributed by atoms with E-state index >= 15 is 0 Å². The van der Waals surface area contributed by atoms with Gasteiger partial charge in [-0.05, 0) is 55.3 Å². The van der Waals surface area contributed by atoms with Crippen LogP contribution in [0.1, 0.15) is 16.8 Å². The van der Waals surface area contributed by atoms with Gasteiger partial charge in [0, 0.05) is 29.9 Å². The number of morpholine rings is 1. The number of aromatic nitrogens is 1. The van der Waals surface area contributed by atoms with Gasteiger partial charge >= 0.3 is 0 Å². The second-order valence-electron chi connectivity index (χ2n) is 6.96. The molecule has 0 bridgehead atoms. The predicted molar refractivity (Wildman–Crippen MR) is 105 cm³/mol. The van der Waals surface area contributed by atoms with Gasteiger partial charge in [0.15, 0.2) is 5.58 Å². The number of rotatable bonds is 4. The van der Waals surface area contributed by atoms with Gasteiger partial charge in [0.25, 0.3) is 0 Å². The first-order chi connectivity index (χ1) is 13.1. The summed E-state index contributed by atoms with van der Waals surface area (Å²) in [5.41, 5.74) is 5.49. The van der Waals surface area contributed by atoms with Gasteiger partial charge < -0.3 is 19.5 Å². The number of benzene rings is 2. The Kier molecular flexibility index (Phi) is 4.81. The van der Waals surface area contributed by atoms with Gasteiger partial charge in [0.2, 0.25) is 5.91 Å². The summed E-state index contributed by atoms with van der Waals surface area (Å²) in [4.78, 5) is 14.7. The minimum atomic E-state index is -0.108. The van der Waals surface area contributed by atoms with Crippen molar-refractivity contribution in [2.75, 3.05) is 36.5 Å². The number of amides is 1. The van der Waals surface area contributed by atoms with Crippen molar-refractivity contribution in [2.45, 2.75) is 20.3 Å². The maximum absolute atomic E-state index is 12.5. The highest BCUT2D eigenvalue weighted by molar-refractivity contribution is 5.95. The lowest BCUT2D eigenvalue weighted by Crippen LogP contribution is -2.36. The third kappa shape index (κ3) is 3.80. The molecule has 1 amide bonds. The number of hydrogen-bond acceptors (Lipinski definition) is 5. The fraction of sp³-hybridized carbons (Fsp3) is 0.333. The standard InChI is InChI=1S/C21H23N3O3/c1-14-11-15(2)21-18(12-14)19(23-27-21)13-20(25)22-16-3-5-17(6-4-16)24-7-9-26-10-8-24/h3-6,11-12H,7-10,13H2,1-2H3,(H,22,25). The molecule has 1 aliphatic heterocycles. The van der Waals surface area contributed by atoms with E-state index in [0.29, 0.717) is 5.69 Å². The number of carbonyl (C=O) groups excluding carboxylic acids is 1. The van der Waals surface area contributed by atoms with E-state index in [1.807, 2.05) is 50.2 Å². The summed E-state index contributed by atoms with van der Waals surface area (Å²) >= 11 is 0. The van der Waals surface area contributed by atoms with E-state index in [4.69, 9.17) is 9.26 Å². The third-order valence-electron chi connectivity index (χ3n) is 4.83. The number of aryl methyl sites for hydroxylation is 2. The number of ether oxygens (including phenoxy) is 1. The van der Waals surface area contributed by atoms with Crippen LogP contribution in [0.4, 0.5) is 11.4 Å². The van der Waals surface area contributed by atoms with Gasteiger partial charge in [-0.1, -0.05) is 11.2 Å². The highest BCUT2D eigenvalue weighted by Gasteiger charge is 2.15. The molecule has 1 aromatic heterocycles. The summed E-state index contributed by atoms with van der Waals surface area (Å²) in [7, 11) is 0. The van der Waals surface area contributed by atoms with Crippen LogP contribution >= 0.6 is 0 Å². The number of nitrogens with one attached hydrogen (secondary N) is 1. The first-order valence-corrected chi connectivity index (χ1v) is 9.18. The molecular weight excluding hydrogens is 342 g/mol. The summed E-state index contributed by atoms with van der Waals surface area (Å²) in [6, 6.07) is 12.0. The lowest BCUT2D eigenvalue weighted by Gasteiger charge is -2.28. The molecule has 27 heavy (non-hydrogen) atoms. The Labute approximate surface area is 158 Å². The molecule has 0 spiro atoms. The zero-order chi connectivity index (χ0) is 18.8. The van der Waals surface area contributed by atoms with Crippen LogP contribution < -0.4 is 10.2 Å². The number of nitrogens with zero attached hydrogens (tertiary/aromatic N) is 2. The molecule has 2 aromatic carbocycles. The van der Waals surface area contributed by atoms with Gasteiger partial charge in [0.05, 0.1) is 19.6 Å². The molecule has 1 fully saturated rings. The van der Waals surface area contributed by atoms with Crippen molar-refractivity contribution in [3.63, 3.8) is 0 Å². The van der Waals surface area contributed by atoms with Crippen molar-refractivity contribution < 1.29 is 14.1 Å². The van der Waals surface area contributed by atoms with Gasteiger partial charge in [-0.2, -0.15) is 0 Å². The van der Waals surface area contributed by atoms with Crippen molar-refractivity contribution in [2.24, 2.45) is 0 Å². The molecule has 0 unspecified atom stereocenters. The Morgan fingerprint density at radius 3 is 2.63 bits per heavy atom. The van der Waals surface area contributed by atoms with Crippen molar-refractivity contribution in [1.29, 1.82) is 0 Å². The SMILES string of the molecule is Cc1cc(C)c2onc(CC(=O)Nc3ccc(N4CCOCC4)cc3)c2c1. The fourth-order valence-corrected chi connectivity index (χ4v) is 3.50. The first-order valence-electron chi connectivity index (χ1n) is 9.18. The molecule has 0 saturated carbocycles. The Hall–Kier alpha value is -2.86. The van der Waals surface area contributed by atoms with Gasteiger partial charge in [0.1, 0.15) is 5.69 Å². The smallest absolute Gasteiger partial charge is 0.230 e. The average Bonchev–Trinajstić information content (AvgIpc) is 3.06. The van der Waals surface area contributed by atoms with Crippen LogP contribution in [0.15, 0.2) is 40.9 Å². The highest BCUT2D eigenvalue weighted by Crippen LogP contribution is 2.24. The van der Waals surface area contributed by atoms with Crippen LogP contribution in [0.25, 0.3) is 11.0 Å². The molecule has 2 heterocycles. The lowest BCUT2D eigenvalue weighted by molar-refractivity contribution is -0.115. The molecular formula is C21H23N3O3. The second kappa shape index (κ2) is 7.40. The topological polar surface area (TPSA) is 67.6 Å². The predicted octanol–water partition coefficient (Wildman–Crippen LogP) is 3.46. The molecule has 0 aliphatic carbocycles. The zero-order valence-corrected chi connectivity index (χ0v) is 15.6. The van der Waals surface area contributed by atoms with Crippen molar-refractivity contribution in [3.05, 3.63) is 53.2 Å². The lowest BCUT2D eigenvalue weighted by atomic mass is 10.1. The second-order valence-corrected chi connectivity index (χ2v) is 6.96. The zero-order valence-electron chi connectivity index (χ0n) is 15.6. The maximum atomic E-state index is 12.5. The molecule has 1 saturated heterocycles. The normalized spacial score (nSPS) is 14.5. The Bertz CT molecular complexity index is 957. The van der Waals surface area contributed by atoms with E-state index in [-0.39, 0.29) is 12.3 Å². The van der Waals surface area contributed by atoms with Crippen LogP contribution in [-0.4, -0.2) is 37.4 Å². The van der Waals surface area contributed by atoms with Gasteiger partial charge in [-0.3, -0.25) is 4.79 Å². The first kappa shape index (κ1) is 17.5. The molecule has 1 N–H and O–H groups in total. The molecule has 4 rings (SSSR count). The summed E-state index contributed by atoms with van der Waals surface area (Å²) in [6.45, 7) is 7.30. The minimum Gasteiger partial charge on any atom is -0.378 e. The van der Waals surface area contributed by atoms with E-state index in [9.17, 15) is 4.79 Å². The molecule has 140 valence electrons. The van der Waals surface area contributed by atoms with E-state index in [0.717, 1.165) is 59.8 Å². The minimum absolute atomic E-state index is 0.108. The Balaban J connectivity index is 1.43. The highest BCUT2D eigenvalue weighted by atomic mass is 16.5. The molecule has 0 atom stereocenters. The monoisotopic (exact) mass is 365 g/mol. The van der Waals surface area contributed by atoms with Crippen molar-refractivity contribution in [1.82, 2.24) is 5.16 Å². The summed E-state index contributed by atoms with van der Waals surface area (Å²) in [5, 5.41) is 7.95. The van der Waals surface area contributed by atoms with Gasteiger partial charge in [-0.25, -0.2) is 0 Å².